The number of carbonyl (C=O) groups is 2. The van der Waals surface area contributed by atoms with Crippen LogP contribution in [0, 0.1) is 0 Å². The van der Waals surface area contributed by atoms with Gasteiger partial charge in [-0.05, 0) is 12.8 Å². The molecular weight excluding hydrogens is 220 g/mol. The molecule has 0 aromatic rings. The van der Waals surface area contributed by atoms with E-state index < -0.39 is 6.03 Å². The van der Waals surface area contributed by atoms with Crippen molar-refractivity contribution in [2.75, 3.05) is 34.2 Å². The Kier molecular flexibility index (Phi) is 7.92. The maximum atomic E-state index is 11.5. The van der Waals surface area contributed by atoms with E-state index >= 15 is 0 Å². The van der Waals surface area contributed by atoms with Crippen LogP contribution in [0.1, 0.15) is 25.7 Å². The highest BCUT2D eigenvalue weighted by molar-refractivity contribution is 5.73. The van der Waals surface area contributed by atoms with Crippen molar-refractivity contribution in [3.63, 3.8) is 0 Å². The topological polar surface area (TPSA) is 78.7 Å². The number of hydrogen-bond acceptors (Lipinski definition) is 2. The third kappa shape index (κ3) is 8.36. The zero-order valence-corrected chi connectivity index (χ0v) is 11.0. The summed E-state index contributed by atoms with van der Waals surface area (Å²) in [6, 6.07) is -0.443. The molecule has 0 saturated carbocycles. The maximum Gasteiger partial charge on any atom is 0.319 e. The lowest BCUT2D eigenvalue weighted by atomic mass is 10.2. The van der Waals surface area contributed by atoms with E-state index in [0.29, 0.717) is 6.54 Å². The van der Waals surface area contributed by atoms with Gasteiger partial charge in [0.05, 0.1) is 0 Å². The highest BCUT2D eigenvalue weighted by atomic mass is 16.2. The number of amides is 4. The molecule has 6 nitrogen and oxygen atoms in total. The largest absolute Gasteiger partial charge is 0.352 e. The second kappa shape index (κ2) is 8.66. The summed E-state index contributed by atoms with van der Waals surface area (Å²) in [5, 5.41) is 2.55. The van der Waals surface area contributed by atoms with Gasteiger partial charge in [-0.3, -0.25) is 0 Å². The van der Waals surface area contributed by atoms with Gasteiger partial charge in [-0.1, -0.05) is 12.8 Å². The van der Waals surface area contributed by atoms with Gasteiger partial charge in [-0.15, -0.1) is 0 Å². The third-order valence-electron chi connectivity index (χ3n) is 2.43. The molecule has 0 aromatic carbocycles. The van der Waals surface area contributed by atoms with Crippen molar-refractivity contribution in [1.82, 2.24) is 15.1 Å². The number of nitrogens with zero attached hydrogens (tertiary/aromatic N) is 2. The van der Waals surface area contributed by atoms with Crippen molar-refractivity contribution in [1.29, 1.82) is 0 Å². The standard InChI is InChI=1S/C11H24N4O2/c1-14(2)11(17)15(3)9-7-5-4-6-8-13-10(12)16/h4-9H2,1-3H3,(H3,12,13,16). The molecule has 0 heterocycles. The molecule has 0 unspecified atom stereocenters. The normalized spacial score (nSPS) is 9.82. The molecule has 0 aliphatic heterocycles. The Labute approximate surface area is 103 Å². The highest BCUT2D eigenvalue weighted by Gasteiger charge is 2.08. The number of nitrogens with one attached hydrogen (secondary N) is 1. The van der Waals surface area contributed by atoms with Crippen LogP contribution in [0.3, 0.4) is 0 Å². The molecule has 0 spiro atoms. The average molecular weight is 244 g/mol. The smallest absolute Gasteiger partial charge is 0.319 e. The Morgan fingerprint density at radius 2 is 1.65 bits per heavy atom. The summed E-state index contributed by atoms with van der Waals surface area (Å²) in [6.07, 6.45) is 3.98. The van der Waals surface area contributed by atoms with Gasteiger partial charge in [0.25, 0.3) is 0 Å². The van der Waals surface area contributed by atoms with Crippen molar-refractivity contribution in [2.45, 2.75) is 25.7 Å². The van der Waals surface area contributed by atoms with E-state index in [1.54, 1.807) is 30.9 Å². The van der Waals surface area contributed by atoms with Gasteiger partial charge < -0.3 is 20.9 Å². The number of carbonyl (C=O) groups excluding carboxylic acids is 2. The number of urea groups is 2. The second-order valence-electron chi connectivity index (χ2n) is 4.30. The lowest BCUT2D eigenvalue weighted by molar-refractivity contribution is 0.181. The first-order valence-electron chi connectivity index (χ1n) is 5.91. The van der Waals surface area contributed by atoms with E-state index in [0.717, 1.165) is 32.2 Å². The highest BCUT2D eigenvalue weighted by Crippen LogP contribution is 2.01. The summed E-state index contributed by atoms with van der Waals surface area (Å²) in [4.78, 5) is 25.1. The fourth-order valence-corrected chi connectivity index (χ4v) is 1.48. The van der Waals surface area contributed by atoms with Gasteiger partial charge in [-0.2, -0.15) is 0 Å². The first-order chi connectivity index (χ1) is 7.95. The lowest BCUT2D eigenvalue weighted by Crippen LogP contribution is -2.36. The SMILES string of the molecule is CN(C)C(=O)N(C)CCCCCCNC(N)=O. The van der Waals surface area contributed by atoms with E-state index in [9.17, 15) is 9.59 Å². The molecule has 0 aliphatic rings. The number of primary amides is 1. The van der Waals surface area contributed by atoms with Crippen molar-refractivity contribution >= 4 is 12.1 Å². The van der Waals surface area contributed by atoms with Crippen molar-refractivity contribution in [3.05, 3.63) is 0 Å². The molecule has 0 atom stereocenters. The van der Waals surface area contributed by atoms with Crippen LogP contribution >= 0.6 is 0 Å². The minimum absolute atomic E-state index is 0.0281. The Balaban J connectivity index is 3.39. The van der Waals surface area contributed by atoms with E-state index in [1.807, 2.05) is 0 Å². The zero-order valence-electron chi connectivity index (χ0n) is 11.0. The molecule has 0 fully saturated rings. The minimum atomic E-state index is -0.471. The molecule has 4 amide bonds. The van der Waals surface area contributed by atoms with E-state index in [2.05, 4.69) is 5.32 Å². The Bertz CT molecular complexity index is 244. The van der Waals surface area contributed by atoms with Crippen LogP contribution in [-0.4, -0.2) is 56.1 Å². The summed E-state index contributed by atoms with van der Waals surface area (Å²) >= 11 is 0. The van der Waals surface area contributed by atoms with Gasteiger partial charge in [0.1, 0.15) is 0 Å². The number of nitrogens with two attached hydrogens (primary N) is 1. The zero-order chi connectivity index (χ0) is 13.3. The molecule has 0 aromatic heterocycles. The Hall–Kier alpha value is -1.46. The van der Waals surface area contributed by atoms with E-state index in [1.165, 1.54) is 0 Å². The summed E-state index contributed by atoms with van der Waals surface area (Å²) in [5.74, 6) is 0. The van der Waals surface area contributed by atoms with Crippen LogP contribution in [0.2, 0.25) is 0 Å². The molecule has 0 rings (SSSR count). The molecule has 6 heteroatoms. The van der Waals surface area contributed by atoms with Crippen molar-refractivity contribution in [3.8, 4) is 0 Å². The Morgan fingerprint density at radius 3 is 2.18 bits per heavy atom. The number of hydrogen-bond donors (Lipinski definition) is 2. The molecule has 0 saturated heterocycles. The minimum Gasteiger partial charge on any atom is -0.352 e. The fraction of sp³-hybridized carbons (Fsp3) is 0.818. The molecule has 100 valence electrons. The van der Waals surface area contributed by atoms with Crippen LogP contribution in [0.25, 0.3) is 0 Å². The van der Waals surface area contributed by atoms with Gasteiger partial charge in [0.2, 0.25) is 0 Å². The lowest BCUT2D eigenvalue weighted by Gasteiger charge is -2.21. The molecule has 0 bridgehead atoms. The van der Waals surface area contributed by atoms with Crippen LogP contribution in [0.15, 0.2) is 0 Å². The van der Waals surface area contributed by atoms with Crippen LogP contribution in [0.5, 0.6) is 0 Å². The van der Waals surface area contributed by atoms with Crippen LogP contribution in [-0.2, 0) is 0 Å². The average Bonchev–Trinajstić information content (AvgIpc) is 2.25. The fourth-order valence-electron chi connectivity index (χ4n) is 1.48. The first-order valence-corrected chi connectivity index (χ1v) is 5.91. The van der Waals surface area contributed by atoms with Gasteiger partial charge in [0, 0.05) is 34.2 Å². The molecule has 0 radical (unpaired) electrons. The molecule has 0 aliphatic carbocycles. The summed E-state index contributed by atoms with van der Waals surface area (Å²) in [6.45, 7) is 1.39. The van der Waals surface area contributed by atoms with Crippen molar-refractivity contribution in [2.24, 2.45) is 5.73 Å². The summed E-state index contributed by atoms with van der Waals surface area (Å²) < 4.78 is 0. The van der Waals surface area contributed by atoms with Crippen LogP contribution < -0.4 is 11.1 Å². The molecular formula is C11H24N4O2. The first kappa shape index (κ1) is 15.5. The second-order valence-corrected chi connectivity index (χ2v) is 4.30. The van der Waals surface area contributed by atoms with E-state index in [-0.39, 0.29) is 6.03 Å². The summed E-state index contributed by atoms with van der Waals surface area (Å²) in [7, 11) is 5.29. The number of rotatable bonds is 7. The quantitative estimate of drug-likeness (QED) is 0.651. The van der Waals surface area contributed by atoms with Gasteiger partial charge >= 0.3 is 12.1 Å². The molecule has 3 N–H and O–H groups in total. The van der Waals surface area contributed by atoms with Gasteiger partial charge in [-0.25, -0.2) is 9.59 Å². The van der Waals surface area contributed by atoms with Crippen LogP contribution in [0.4, 0.5) is 9.59 Å². The predicted octanol–water partition coefficient (Wildman–Crippen LogP) is 0.829. The van der Waals surface area contributed by atoms with Gasteiger partial charge in [0.15, 0.2) is 0 Å². The monoisotopic (exact) mass is 244 g/mol. The maximum absolute atomic E-state index is 11.5. The van der Waals surface area contributed by atoms with E-state index in [4.69, 9.17) is 5.73 Å². The van der Waals surface area contributed by atoms with Crippen molar-refractivity contribution < 1.29 is 9.59 Å². The third-order valence-corrected chi connectivity index (χ3v) is 2.43. The number of unbranched alkanes of at least 4 members (excludes halogenated alkanes) is 3. The molecule has 17 heavy (non-hydrogen) atoms. The predicted molar refractivity (Wildman–Crippen MR) is 67.8 cm³/mol. The Morgan fingerprint density at radius 1 is 1.06 bits per heavy atom. The summed E-state index contributed by atoms with van der Waals surface area (Å²) in [5.41, 5.74) is 4.94.